The van der Waals surface area contributed by atoms with Crippen molar-refractivity contribution in [2.75, 3.05) is 32.7 Å². The van der Waals surface area contributed by atoms with Crippen molar-refractivity contribution < 1.29 is 0 Å². The van der Waals surface area contributed by atoms with Gasteiger partial charge in [0.05, 0.1) is 5.69 Å². The molecule has 0 bridgehead atoms. The highest BCUT2D eigenvalue weighted by Gasteiger charge is 2.19. The van der Waals surface area contributed by atoms with Gasteiger partial charge in [-0.05, 0) is 48.4 Å². The van der Waals surface area contributed by atoms with Crippen molar-refractivity contribution in [1.29, 1.82) is 0 Å². The van der Waals surface area contributed by atoms with Crippen LogP contribution in [0.1, 0.15) is 17.5 Å². The first kappa shape index (κ1) is 22.2. The van der Waals surface area contributed by atoms with Crippen molar-refractivity contribution >= 4 is 22.5 Å². The Morgan fingerprint density at radius 3 is 2.48 bits per heavy atom. The molecule has 1 fully saturated rings. The number of fused-ring (bicyclic) bond motifs is 1. The van der Waals surface area contributed by atoms with Gasteiger partial charge >= 0.3 is 0 Å². The van der Waals surface area contributed by atoms with Crippen LogP contribution in [0.2, 0.25) is 5.02 Å². The molecule has 4 aromatic rings. The average Bonchev–Trinajstić information content (AvgIpc) is 3.48. The molecule has 1 aliphatic heterocycles. The molecule has 33 heavy (non-hydrogen) atoms. The fourth-order valence-electron chi connectivity index (χ4n) is 4.74. The quantitative estimate of drug-likeness (QED) is 0.408. The minimum Gasteiger partial charge on any atom is -0.347 e. The number of rotatable bonds is 8. The predicted octanol–water partition coefficient (Wildman–Crippen LogP) is 4.35. The molecule has 2 aromatic heterocycles. The lowest BCUT2D eigenvalue weighted by atomic mass is 10.1. The third-order valence-electron chi connectivity index (χ3n) is 6.56. The molecule has 7 heteroatoms. The van der Waals surface area contributed by atoms with Gasteiger partial charge in [0, 0.05) is 79.7 Å². The predicted molar refractivity (Wildman–Crippen MR) is 135 cm³/mol. The van der Waals surface area contributed by atoms with Crippen LogP contribution in [0.3, 0.4) is 0 Å². The van der Waals surface area contributed by atoms with Crippen molar-refractivity contribution in [2.45, 2.75) is 26.1 Å². The molecular weight excluding hydrogens is 432 g/mol. The van der Waals surface area contributed by atoms with Gasteiger partial charge in [0.25, 0.3) is 0 Å². The molecule has 0 atom stereocenters. The average molecular weight is 463 g/mol. The molecule has 0 radical (unpaired) electrons. The van der Waals surface area contributed by atoms with Crippen LogP contribution in [-0.2, 0) is 19.6 Å². The lowest BCUT2D eigenvalue weighted by Gasteiger charge is -2.35. The van der Waals surface area contributed by atoms with Crippen molar-refractivity contribution in [3.63, 3.8) is 0 Å². The number of aromatic nitrogens is 3. The summed E-state index contributed by atoms with van der Waals surface area (Å²) in [7, 11) is 0. The summed E-state index contributed by atoms with van der Waals surface area (Å²) in [6.45, 7) is 7.74. The third kappa shape index (κ3) is 4.99. The van der Waals surface area contributed by atoms with Crippen LogP contribution in [-0.4, -0.2) is 57.3 Å². The lowest BCUT2D eigenvalue weighted by Crippen LogP contribution is -2.45. The Bertz CT molecular complexity index is 1190. The van der Waals surface area contributed by atoms with Gasteiger partial charge in [-0.2, -0.15) is 5.10 Å². The zero-order valence-electron chi connectivity index (χ0n) is 18.9. The van der Waals surface area contributed by atoms with Gasteiger partial charge in [-0.25, -0.2) is 0 Å². The fraction of sp³-hybridized carbons (Fsp3) is 0.346. The number of aromatic amines is 1. The van der Waals surface area contributed by atoms with E-state index >= 15 is 0 Å². The Kier molecular flexibility index (Phi) is 6.78. The Hall–Kier alpha value is -2.64. The summed E-state index contributed by atoms with van der Waals surface area (Å²) in [6, 6.07) is 17.1. The molecule has 0 saturated carbocycles. The van der Waals surface area contributed by atoms with Gasteiger partial charge in [0.1, 0.15) is 0 Å². The van der Waals surface area contributed by atoms with E-state index in [0.717, 1.165) is 63.0 Å². The molecular formula is C26H31ClN6. The molecule has 6 nitrogen and oxygen atoms in total. The third-order valence-corrected chi connectivity index (χ3v) is 6.93. The number of nitrogens with two attached hydrogens (primary N) is 1. The van der Waals surface area contributed by atoms with Crippen molar-refractivity contribution in [1.82, 2.24) is 24.6 Å². The smallest absolute Gasteiger partial charge is 0.0671 e. The Labute approximate surface area is 199 Å². The monoisotopic (exact) mass is 462 g/mol. The molecule has 0 unspecified atom stereocenters. The van der Waals surface area contributed by atoms with Crippen LogP contribution in [0.4, 0.5) is 0 Å². The maximum Gasteiger partial charge on any atom is 0.0671 e. The number of nitrogens with one attached hydrogen (secondary N) is 1. The van der Waals surface area contributed by atoms with Gasteiger partial charge < -0.3 is 10.3 Å². The summed E-state index contributed by atoms with van der Waals surface area (Å²) in [5.41, 5.74) is 11.8. The van der Waals surface area contributed by atoms with E-state index in [1.165, 1.54) is 27.6 Å². The Morgan fingerprint density at radius 2 is 1.76 bits per heavy atom. The zero-order chi connectivity index (χ0) is 22.6. The van der Waals surface area contributed by atoms with E-state index in [-0.39, 0.29) is 0 Å². The van der Waals surface area contributed by atoms with Gasteiger partial charge in [0.15, 0.2) is 0 Å². The molecule has 3 N–H and O–H groups in total. The Morgan fingerprint density at radius 1 is 0.970 bits per heavy atom. The summed E-state index contributed by atoms with van der Waals surface area (Å²) >= 11 is 6.36. The maximum atomic E-state index is 6.36. The van der Waals surface area contributed by atoms with Crippen molar-refractivity contribution in [3.05, 3.63) is 77.1 Å². The van der Waals surface area contributed by atoms with E-state index in [0.29, 0.717) is 6.54 Å². The second-order valence-corrected chi connectivity index (χ2v) is 9.25. The van der Waals surface area contributed by atoms with Gasteiger partial charge in [0.2, 0.25) is 0 Å². The minimum absolute atomic E-state index is 0.694. The largest absolute Gasteiger partial charge is 0.347 e. The van der Waals surface area contributed by atoms with Crippen LogP contribution >= 0.6 is 11.6 Å². The number of hydrogen-bond acceptors (Lipinski definition) is 4. The van der Waals surface area contributed by atoms with Crippen LogP contribution < -0.4 is 5.73 Å². The van der Waals surface area contributed by atoms with E-state index in [2.05, 4.69) is 61.1 Å². The number of H-pyrrole nitrogens is 1. The molecule has 5 rings (SSSR count). The molecule has 2 aromatic carbocycles. The highest BCUT2D eigenvalue weighted by atomic mass is 35.5. The van der Waals surface area contributed by atoms with Crippen LogP contribution in [0.5, 0.6) is 0 Å². The molecule has 0 amide bonds. The molecule has 1 saturated heterocycles. The van der Waals surface area contributed by atoms with Crippen molar-refractivity contribution in [3.8, 4) is 11.3 Å². The number of hydrogen-bond donors (Lipinski definition) is 2. The summed E-state index contributed by atoms with van der Waals surface area (Å²) in [4.78, 5) is 5.04. The summed E-state index contributed by atoms with van der Waals surface area (Å²) in [5, 5.41) is 9.42. The second-order valence-electron chi connectivity index (χ2n) is 8.84. The topological polar surface area (TPSA) is 66.1 Å². The molecule has 172 valence electrons. The standard InChI is InChI=1S/C26H31ClN6/c27-24-5-2-1-4-21(24)18-32-14-12-31(13-15-32)17-20-6-7-26-22(16-20)23(25-8-10-29-30-25)19-33(26)11-3-9-28/h1-2,4-8,10,16,19H,3,9,11-15,17-18,28H2,(H,29,30). The molecule has 1 aliphatic rings. The fourth-order valence-corrected chi connectivity index (χ4v) is 4.94. The number of benzene rings is 2. The summed E-state index contributed by atoms with van der Waals surface area (Å²) < 4.78 is 2.32. The Balaban J connectivity index is 1.29. The number of halogens is 1. The lowest BCUT2D eigenvalue weighted by molar-refractivity contribution is 0.122. The number of aryl methyl sites for hydroxylation is 1. The first-order valence-corrected chi connectivity index (χ1v) is 12.1. The SMILES string of the molecule is NCCCn1cc(-c2ccn[nH]2)c2cc(CN3CCN(Cc4ccccc4Cl)CC3)ccc21. The number of piperazine rings is 1. The van der Waals surface area contributed by atoms with E-state index in [9.17, 15) is 0 Å². The second kappa shape index (κ2) is 10.1. The highest BCUT2D eigenvalue weighted by molar-refractivity contribution is 6.31. The van der Waals surface area contributed by atoms with Gasteiger partial charge in [-0.1, -0.05) is 35.9 Å². The minimum atomic E-state index is 0.694. The van der Waals surface area contributed by atoms with Crippen LogP contribution in [0.25, 0.3) is 22.2 Å². The maximum absolute atomic E-state index is 6.36. The van der Waals surface area contributed by atoms with E-state index in [1.54, 1.807) is 0 Å². The normalized spacial score (nSPS) is 15.5. The van der Waals surface area contributed by atoms with Crippen LogP contribution in [0, 0.1) is 0 Å². The van der Waals surface area contributed by atoms with Crippen molar-refractivity contribution in [2.24, 2.45) is 5.73 Å². The van der Waals surface area contributed by atoms with Gasteiger partial charge in [-0.15, -0.1) is 0 Å². The van der Waals surface area contributed by atoms with E-state index < -0.39 is 0 Å². The first-order valence-electron chi connectivity index (χ1n) is 11.7. The molecule has 3 heterocycles. The first-order chi connectivity index (χ1) is 16.2. The number of nitrogens with zero attached hydrogens (tertiary/aromatic N) is 4. The van der Waals surface area contributed by atoms with Gasteiger partial charge in [-0.3, -0.25) is 14.9 Å². The molecule has 0 spiro atoms. The highest BCUT2D eigenvalue weighted by Crippen LogP contribution is 2.31. The summed E-state index contributed by atoms with van der Waals surface area (Å²) in [5.74, 6) is 0. The summed E-state index contributed by atoms with van der Waals surface area (Å²) in [6.07, 6.45) is 5.00. The van der Waals surface area contributed by atoms with E-state index in [4.69, 9.17) is 17.3 Å². The van der Waals surface area contributed by atoms with E-state index in [1.807, 2.05) is 24.4 Å². The molecule has 0 aliphatic carbocycles. The zero-order valence-corrected chi connectivity index (χ0v) is 19.6. The van der Waals surface area contributed by atoms with Crippen LogP contribution in [0.15, 0.2) is 60.9 Å².